The second-order valence-electron chi connectivity index (χ2n) is 5.55. The molecule has 1 aromatic carbocycles. The third-order valence-electron chi connectivity index (χ3n) is 4.04. The molecule has 1 aromatic heterocycles. The van der Waals surface area contributed by atoms with E-state index in [2.05, 4.69) is 22.7 Å². The Morgan fingerprint density at radius 1 is 1.36 bits per heavy atom. The zero-order chi connectivity index (χ0) is 14.7. The highest BCUT2D eigenvalue weighted by atomic mass is 35.5. The molecule has 2 aromatic rings. The standard InChI is InChI=1S/C16H20N4O.ClH/c1-12-7-9-17-11-15(12)19-16(21)13-3-5-14(6-4-13)20-10-2-8-18-20;/h2-6,8,10,12,15,17H,7,9,11H2,1H3,(H,19,21);1H. The summed E-state index contributed by atoms with van der Waals surface area (Å²) in [6, 6.07) is 9.57. The first-order valence-electron chi connectivity index (χ1n) is 7.36. The van der Waals surface area contributed by atoms with Crippen molar-refractivity contribution in [2.45, 2.75) is 19.4 Å². The molecule has 0 spiro atoms. The van der Waals surface area contributed by atoms with Gasteiger partial charge in [0.25, 0.3) is 5.91 Å². The van der Waals surface area contributed by atoms with Crippen LogP contribution in [0.15, 0.2) is 42.7 Å². The maximum absolute atomic E-state index is 12.3. The Kier molecular flexibility index (Phi) is 5.57. The van der Waals surface area contributed by atoms with Gasteiger partial charge in [-0.3, -0.25) is 4.79 Å². The molecule has 2 atom stereocenters. The Hall–Kier alpha value is -1.85. The summed E-state index contributed by atoms with van der Waals surface area (Å²) in [7, 11) is 0. The summed E-state index contributed by atoms with van der Waals surface area (Å²) in [5.74, 6) is 0.501. The highest BCUT2D eigenvalue weighted by molar-refractivity contribution is 5.94. The van der Waals surface area contributed by atoms with Crippen LogP contribution in [0, 0.1) is 5.92 Å². The van der Waals surface area contributed by atoms with Crippen molar-refractivity contribution < 1.29 is 4.79 Å². The summed E-state index contributed by atoms with van der Waals surface area (Å²) in [4.78, 5) is 12.3. The van der Waals surface area contributed by atoms with Crippen LogP contribution in [-0.4, -0.2) is 34.8 Å². The zero-order valence-electron chi connectivity index (χ0n) is 12.5. The molecule has 3 rings (SSSR count). The van der Waals surface area contributed by atoms with Crippen LogP contribution in [0.25, 0.3) is 5.69 Å². The summed E-state index contributed by atoms with van der Waals surface area (Å²) in [5.41, 5.74) is 1.63. The maximum Gasteiger partial charge on any atom is 0.251 e. The van der Waals surface area contributed by atoms with Gasteiger partial charge in [-0.05, 0) is 49.2 Å². The topological polar surface area (TPSA) is 58.9 Å². The van der Waals surface area contributed by atoms with E-state index in [9.17, 15) is 4.79 Å². The van der Waals surface area contributed by atoms with Crippen molar-refractivity contribution in [3.8, 4) is 5.69 Å². The number of aromatic nitrogens is 2. The molecule has 1 fully saturated rings. The minimum Gasteiger partial charge on any atom is -0.348 e. The number of nitrogens with zero attached hydrogens (tertiary/aromatic N) is 2. The van der Waals surface area contributed by atoms with Gasteiger partial charge in [0.1, 0.15) is 0 Å². The average Bonchev–Trinajstić information content (AvgIpc) is 3.04. The molecule has 22 heavy (non-hydrogen) atoms. The van der Waals surface area contributed by atoms with E-state index in [4.69, 9.17) is 0 Å². The number of carbonyl (C=O) groups excluding carboxylic acids is 1. The molecule has 6 heteroatoms. The monoisotopic (exact) mass is 320 g/mol. The number of carbonyl (C=O) groups is 1. The molecule has 0 radical (unpaired) electrons. The van der Waals surface area contributed by atoms with Crippen molar-refractivity contribution in [3.63, 3.8) is 0 Å². The third kappa shape index (κ3) is 3.67. The van der Waals surface area contributed by atoms with Crippen molar-refractivity contribution in [1.82, 2.24) is 20.4 Å². The van der Waals surface area contributed by atoms with Gasteiger partial charge in [-0.2, -0.15) is 5.10 Å². The van der Waals surface area contributed by atoms with Gasteiger partial charge < -0.3 is 10.6 Å². The van der Waals surface area contributed by atoms with E-state index in [1.54, 1.807) is 10.9 Å². The number of hydrogen-bond donors (Lipinski definition) is 2. The lowest BCUT2D eigenvalue weighted by molar-refractivity contribution is 0.0915. The summed E-state index contributed by atoms with van der Waals surface area (Å²) in [6.45, 7) is 4.07. The number of rotatable bonds is 3. The molecule has 5 nitrogen and oxygen atoms in total. The number of halogens is 1. The summed E-state index contributed by atoms with van der Waals surface area (Å²) >= 11 is 0. The fraction of sp³-hybridized carbons (Fsp3) is 0.375. The molecule has 2 unspecified atom stereocenters. The normalized spacial score (nSPS) is 21.0. The average molecular weight is 321 g/mol. The van der Waals surface area contributed by atoms with Gasteiger partial charge >= 0.3 is 0 Å². The highest BCUT2D eigenvalue weighted by Gasteiger charge is 2.22. The minimum atomic E-state index is -0.0115. The molecule has 1 saturated heterocycles. The Bertz CT molecular complexity index is 597. The van der Waals surface area contributed by atoms with E-state index in [-0.39, 0.29) is 24.4 Å². The molecular weight excluding hydrogens is 300 g/mol. The van der Waals surface area contributed by atoms with E-state index in [1.165, 1.54) is 0 Å². The fourth-order valence-electron chi connectivity index (χ4n) is 2.62. The van der Waals surface area contributed by atoms with Crippen molar-refractivity contribution in [2.24, 2.45) is 5.92 Å². The Labute approximate surface area is 136 Å². The maximum atomic E-state index is 12.3. The molecule has 118 valence electrons. The lowest BCUT2D eigenvalue weighted by Gasteiger charge is -2.30. The van der Waals surface area contributed by atoms with Gasteiger partial charge in [0, 0.05) is 30.5 Å². The Balaban J connectivity index is 0.00000176. The molecule has 1 aliphatic rings. The molecule has 1 aliphatic heterocycles. The second kappa shape index (κ2) is 7.42. The second-order valence-corrected chi connectivity index (χ2v) is 5.55. The van der Waals surface area contributed by atoms with Gasteiger partial charge in [0.2, 0.25) is 0 Å². The first kappa shape index (κ1) is 16.5. The van der Waals surface area contributed by atoms with Crippen LogP contribution in [0.5, 0.6) is 0 Å². The predicted molar refractivity (Wildman–Crippen MR) is 88.7 cm³/mol. The van der Waals surface area contributed by atoms with Gasteiger partial charge in [-0.15, -0.1) is 12.4 Å². The van der Waals surface area contributed by atoms with Crippen LogP contribution < -0.4 is 10.6 Å². The van der Waals surface area contributed by atoms with E-state index >= 15 is 0 Å². The summed E-state index contributed by atoms with van der Waals surface area (Å²) in [5, 5.41) is 10.6. The summed E-state index contributed by atoms with van der Waals surface area (Å²) < 4.78 is 1.77. The third-order valence-corrected chi connectivity index (χ3v) is 4.04. The van der Waals surface area contributed by atoms with Crippen molar-refractivity contribution in [3.05, 3.63) is 48.3 Å². The number of amides is 1. The van der Waals surface area contributed by atoms with Crippen LogP contribution >= 0.6 is 12.4 Å². The highest BCUT2D eigenvalue weighted by Crippen LogP contribution is 2.13. The van der Waals surface area contributed by atoms with Crippen molar-refractivity contribution in [2.75, 3.05) is 13.1 Å². The molecule has 0 aliphatic carbocycles. The molecule has 2 heterocycles. The Morgan fingerprint density at radius 2 is 2.14 bits per heavy atom. The minimum absolute atomic E-state index is 0. The number of piperidine rings is 1. The smallest absolute Gasteiger partial charge is 0.251 e. The molecular formula is C16H21ClN4O. The zero-order valence-corrected chi connectivity index (χ0v) is 13.3. The van der Waals surface area contributed by atoms with E-state index in [0.717, 1.165) is 25.2 Å². The van der Waals surface area contributed by atoms with Crippen LogP contribution in [0.3, 0.4) is 0 Å². The van der Waals surface area contributed by atoms with Gasteiger partial charge in [-0.25, -0.2) is 4.68 Å². The SMILES string of the molecule is CC1CCNCC1NC(=O)c1ccc(-n2cccn2)cc1.Cl. The lowest BCUT2D eigenvalue weighted by atomic mass is 9.94. The lowest BCUT2D eigenvalue weighted by Crippen LogP contribution is -2.50. The predicted octanol–water partition coefficient (Wildman–Crippen LogP) is 2.02. The van der Waals surface area contributed by atoms with E-state index in [1.807, 2.05) is 36.5 Å². The first-order chi connectivity index (χ1) is 10.2. The largest absolute Gasteiger partial charge is 0.348 e. The number of hydrogen-bond acceptors (Lipinski definition) is 3. The van der Waals surface area contributed by atoms with Gasteiger partial charge in [0.15, 0.2) is 0 Å². The van der Waals surface area contributed by atoms with Crippen LogP contribution in [-0.2, 0) is 0 Å². The van der Waals surface area contributed by atoms with Crippen LogP contribution in [0.4, 0.5) is 0 Å². The van der Waals surface area contributed by atoms with Crippen LogP contribution in [0.2, 0.25) is 0 Å². The molecule has 0 bridgehead atoms. The van der Waals surface area contributed by atoms with Crippen molar-refractivity contribution in [1.29, 1.82) is 0 Å². The van der Waals surface area contributed by atoms with E-state index in [0.29, 0.717) is 11.5 Å². The molecule has 2 N–H and O–H groups in total. The number of nitrogens with one attached hydrogen (secondary N) is 2. The van der Waals surface area contributed by atoms with Crippen molar-refractivity contribution >= 4 is 18.3 Å². The van der Waals surface area contributed by atoms with Crippen LogP contribution in [0.1, 0.15) is 23.7 Å². The molecule has 1 amide bonds. The fourth-order valence-corrected chi connectivity index (χ4v) is 2.62. The Morgan fingerprint density at radius 3 is 2.77 bits per heavy atom. The van der Waals surface area contributed by atoms with Gasteiger partial charge in [0.05, 0.1) is 5.69 Å². The van der Waals surface area contributed by atoms with Gasteiger partial charge in [-0.1, -0.05) is 6.92 Å². The molecule has 0 saturated carbocycles. The first-order valence-corrected chi connectivity index (χ1v) is 7.36. The summed E-state index contributed by atoms with van der Waals surface area (Å²) in [6.07, 6.45) is 4.71. The quantitative estimate of drug-likeness (QED) is 0.909. The number of benzene rings is 1. The van der Waals surface area contributed by atoms with E-state index < -0.39 is 0 Å².